The van der Waals surface area contributed by atoms with Gasteiger partial charge in [-0.15, -0.1) is 0 Å². The molecule has 81 heavy (non-hydrogen) atoms. The average molecular weight is 1130 g/mol. The van der Waals surface area contributed by atoms with Gasteiger partial charge in [0, 0.05) is 6.42 Å². The number of carbonyl (C=O) groups is 1. The molecule has 14 heteroatoms. The number of ether oxygens (including phenoxy) is 4. The van der Waals surface area contributed by atoms with Crippen molar-refractivity contribution in [3.63, 3.8) is 0 Å². The molecule has 454 valence electrons. The standard InChI is InChI=1S/C67H103NO13/c1-3-5-7-9-11-13-15-16-17-18-19-20-21-22-23-24-25-26-27-28-29-30-31-32-33-34-35-36-37-38-39-40-41-43-45-47-49-51-59(72)68-55(56(71)50-48-46-44-42-14-12-10-8-6-4-2)54-78-66-64(77)62(75)65(58(53-70)80-66)81-67-63(76)61(74)60(73)57(52-69)79-67/h5-8,11,13-14,16-17,19-20,22-23,25-26,28-29,31-32,34-35,37-38,40-42,48,50,55-58,60-67,69-71,73-77H,3-4,9-10,12,15,18,21,24,27,30,33,36,39,43-47,49,51-54H2,1-2H3,(H,68,72)/b7-5-,8-6+,13-11-,17-16-,20-19-,23-22-,26-25-,29-28-,32-31-,35-34-,38-37-,41-40-,42-14+,50-48+. The number of hydrogen-bond donors (Lipinski definition) is 9. The molecule has 12 unspecified atom stereocenters. The van der Waals surface area contributed by atoms with Crippen molar-refractivity contribution in [2.45, 2.75) is 222 Å². The Balaban J connectivity index is 1.68. The van der Waals surface area contributed by atoms with Crippen LogP contribution in [0.3, 0.4) is 0 Å². The minimum Gasteiger partial charge on any atom is -0.394 e. The van der Waals surface area contributed by atoms with E-state index in [9.17, 15) is 45.6 Å². The lowest BCUT2D eigenvalue weighted by Crippen LogP contribution is -2.65. The average Bonchev–Trinajstić information content (AvgIpc) is 3.51. The van der Waals surface area contributed by atoms with E-state index in [1.54, 1.807) is 6.08 Å². The van der Waals surface area contributed by atoms with Gasteiger partial charge in [0.25, 0.3) is 0 Å². The molecule has 2 aliphatic heterocycles. The molecule has 0 saturated carbocycles. The lowest BCUT2D eigenvalue weighted by Gasteiger charge is -2.46. The fraction of sp³-hybridized carbons (Fsp3) is 0.567. The van der Waals surface area contributed by atoms with Crippen LogP contribution in [0, 0.1) is 0 Å². The fourth-order valence-electron chi connectivity index (χ4n) is 8.39. The number of amides is 1. The number of allylic oxidation sites excluding steroid dienone is 27. The minimum atomic E-state index is -1.80. The van der Waals surface area contributed by atoms with Gasteiger partial charge in [0.15, 0.2) is 12.6 Å². The molecule has 2 saturated heterocycles. The lowest BCUT2D eigenvalue weighted by molar-refractivity contribution is -0.359. The molecule has 0 radical (unpaired) electrons. The van der Waals surface area contributed by atoms with E-state index in [-0.39, 0.29) is 18.9 Å². The van der Waals surface area contributed by atoms with Gasteiger partial charge >= 0.3 is 0 Å². The maximum Gasteiger partial charge on any atom is 0.220 e. The first-order chi connectivity index (χ1) is 39.6. The van der Waals surface area contributed by atoms with Crippen LogP contribution in [0.5, 0.6) is 0 Å². The van der Waals surface area contributed by atoms with E-state index in [0.29, 0.717) is 12.8 Å². The Kier molecular flexibility index (Phi) is 44.6. The highest BCUT2D eigenvalue weighted by molar-refractivity contribution is 5.76. The third-order valence-electron chi connectivity index (χ3n) is 13.1. The number of carbonyl (C=O) groups excluding carboxylic acids is 1. The molecule has 0 bridgehead atoms. The second kappa shape index (κ2) is 49.9. The van der Waals surface area contributed by atoms with E-state index in [1.165, 1.54) is 0 Å². The molecule has 2 fully saturated rings. The second-order valence-corrected chi connectivity index (χ2v) is 20.0. The number of rotatable bonds is 44. The van der Waals surface area contributed by atoms with Crippen molar-refractivity contribution in [2.24, 2.45) is 0 Å². The highest BCUT2D eigenvalue weighted by Crippen LogP contribution is 2.30. The summed E-state index contributed by atoms with van der Waals surface area (Å²) in [6.45, 7) is 2.46. The summed E-state index contributed by atoms with van der Waals surface area (Å²) in [6.07, 6.45) is 61.4. The van der Waals surface area contributed by atoms with E-state index in [1.807, 2.05) is 6.08 Å². The molecule has 0 aliphatic carbocycles. The first kappa shape index (κ1) is 72.5. The van der Waals surface area contributed by atoms with E-state index < -0.39 is 86.8 Å². The lowest BCUT2D eigenvalue weighted by atomic mass is 9.97. The van der Waals surface area contributed by atoms with Crippen LogP contribution in [0.2, 0.25) is 0 Å². The van der Waals surface area contributed by atoms with Crippen LogP contribution in [-0.2, 0) is 23.7 Å². The van der Waals surface area contributed by atoms with Gasteiger partial charge in [-0.1, -0.05) is 190 Å². The number of aliphatic hydroxyl groups is 8. The van der Waals surface area contributed by atoms with Gasteiger partial charge < -0.3 is 65.1 Å². The van der Waals surface area contributed by atoms with Crippen LogP contribution < -0.4 is 5.32 Å². The second-order valence-electron chi connectivity index (χ2n) is 20.0. The van der Waals surface area contributed by atoms with E-state index in [4.69, 9.17) is 18.9 Å². The Labute approximate surface area is 486 Å². The molecule has 0 spiro atoms. The summed E-state index contributed by atoms with van der Waals surface area (Å²) in [6, 6.07) is -0.967. The zero-order valence-electron chi connectivity index (χ0n) is 48.7. The first-order valence-corrected chi connectivity index (χ1v) is 29.9. The molecule has 2 rings (SSSR count). The maximum absolute atomic E-state index is 13.2. The maximum atomic E-state index is 13.2. The Morgan fingerprint density at radius 2 is 0.827 bits per heavy atom. The van der Waals surface area contributed by atoms with Crippen molar-refractivity contribution in [1.82, 2.24) is 5.32 Å². The summed E-state index contributed by atoms with van der Waals surface area (Å²) >= 11 is 0. The summed E-state index contributed by atoms with van der Waals surface area (Å²) < 4.78 is 22.6. The molecule has 12 atom stereocenters. The van der Waals surface area contributed by atoms with Gasteiger partial charge in [-0.25, -0.2) is 0 Å². The molecule has 0 aromatic carbocycles. The van der Waals surface area contributed by atoms with Gasteiger partial charge in [0.2, 0.25) is 5.91 Å². The van der Waals surface area contributed by atoms with Crippen molar-refractivity contribution in [1.29, 1.82) is 0 Å². The normalized spacial score (nSPS) is 25.4. The molecule has 14 nitrogen and oxygen atoms in total. The topological polar surface area (TPSA) is 228 Å². The van der Waals surface area contributed by atoms with E-state index in [2.05, 4.69) is 177 Å². The third-order valence-corrected chi connectivity index (χ3v) is 13.1. The third kappa shape index (κ3) is 35.2. The predicted octanol–water partition coefficient (Wildman–Crippen LogP) is 10.5. The Hall–Kier alpha value is -4.65. The number of aliphatic hydroxyl groups excluding tert-OH is 8. The smallest absolute Gasteiger partial charge is 0.220 e. The molecule has 1 amide bonds. The number of unbranched alkanes of at least 4 members (excludes halogenated alkanes) is 5. The largest absolute Gasteiger partial charge is 0.394 e. The van der Waals surface area contributed by atoms with E-state index >= 15 is 0 Å². The van der Waals surface area contributed by atoms with Gasteiger partial charge in [-0.05, 0) is 122 Å². The monoisotopic (exact) mass is 1130 g/mol. The van der Waals surface area contributed by atoms with Gasteiger partial charge in [0.05, 0.1) is 32.0 Å². The van der Waals surface area contributed by atoms with Crippen molar-refractivity contribution in [2.75, 3.05) is 19.8 Å². The van der Waals surface area contributed by atoms with Crippen LogP contribution in [0.15, 0.2) is 170 Å². The molecule has 2 aliphatic rings. The Morgan fingerprint density at radius 3 is 1.28 bits per heavy atom. The molecule has 9 N–H and O–H groups in total. The summed E-state index contributed by atoms with van der Waals surface area (Å²) in [5.74, 6) is -0.297. The van der Waals surface area contributed by atoms with Crippen LogP contribution in [0.4, 0.5) is 0 Å². The zero-order chi connectivity index (χ0) is 58.8. The molecular formula is C67H103NO13. The fourth-order valence-corrected chi connectivity index (χ4v) is 8.39. The van der Waals surface area contributed by atoms with E-state index in [0.717, 1.165) is 116 Å². The molecule has 0 aromatic rings. The van der Waals surface area contributed by atoms with Crippen molar-refractivity contribution in [3.8, 4) is 0 Å². The number of nitrogens with one attached hydrogen (secondary N) is 1. The minimum absolute atomic E-state index is 0.217. The molecular weight excluding hydrogens is 1030 g/mol. The van der Waals surface area contributed by atoms with Crippen molar-refractivity contribution >= 4 is 5.91 Å². The summed E-state index contributed by atoms with van der Waals surface area (Å²) in [5.41, 5.74) is 0. The summed E-state index contributed by atoms with van der Waals surface area (Å²) in [4.78, 5) is 13.2. The van der Waals surface area contributed by atoms with Gasteiger partial charge in [-0.3, -0.25) is 4.79 Å². The summed E-state index contributed by atoms with van der Waals surface area (Å²) in [7, 11) is 0. The first-order valence-electron chi connectivity index (χ1n) is 29.9. The van der Waals surface area contributed by atoms with Crippen LogP contribution >= 0.6 is 0 Å². The van der Waals surface area contributed by atoms with Crippen molar-refractivity contribution < 1.29 is 64.6 Å². The van der Waals surface area contributed by atoms with Crippen LogP contribution in [0.1, 0.15) is 149 Å². The Bertz CT molecular complexity index is 2010. The number of hydrogen-bond acceptors (Lipinski definition) is 13. The predicted molar refractivity (Wildman–Crippen MR) is 327 cm³/mol. The highest BCUT2D eigenvalue weighted by atomic mass is 16.7. The Morgan fingerprint density at radius 1 is 0.444 bits per heavy atom. The highest BCUT2D eigenvalue weighted by Gasteiger charge is 2.51. The van der Waals surface area contributed by atoms with Crippen LogP contribution in [-0.4, -0.2) is 140 Å². The molecule has 0 aromatic heterocycles. The SMILES string of the molecule is CC/C=C\C/C=C\C/C=C\C/C=C\C/C=C\C/C=C\C/C=C\C/C=C\C/C=C\C/C=C\C/C=C\CCCCCC(=O)NC(COC1OC(CO)C(OC2OC(CO)C(O)C(O)C2O)C(O)C1O)C(O)/C=C/CC/C=C/CC/C=C/CC. The zero-order valence-corrected chi connectivity index (χ0v) is 48.7. The quantitative estimate of drug-likeness (QED) is 0.0205. The van der Waals surface area contributed by atoms with Gasteiger partial charge in [-0.2, -0.15) is 0 Å². The molecule has 2 heterocycles. The van der Waals surface area contributed by atoms with Gasteiger partial charge in [0.1, 0.15) is 48.8 Å². The summed E-state index contributed by atoms with van der Waals surface area (Å²) in [5, 5.41) is 86.7. The van der Waals surface area contributed by atoms with Crippen molar-refractivity contribution in [3.05, 3.63) is 170 Å². The van der Waals surface area contributed by atoms with Crippen LogP contribution in [0.25, 0.3) is 0 Å².